The maximum absolute atomic E-state index is 13.7. The van der Waals surface area contributed by atoms with Crippen LogP contribution in [0, 0.1) is 23.2 Å². The molecule has 0 bridgehead atoms. The van der Waals surface area contributed by atoms with Crippen LogP contribution in [0.5, 0.6) is 11.5 Å². The van der Waals surface area contributed by atoms with Gasteiger partial charge in [-0.1, -0.05) is 37.3 Å². The summed E-state index contributed by atoms with van der Waals surface area (Å²) in [5.74, 6) is 1.87. The molecular weight excluding hydrogens is 516 g/mol. The van der Waals surface area contributed by atoms with Crippen molar-refractivity contribution in [3.05, 3.63) is 78.8 Å². The Kier molecular flexibility index (Phi) is 8.20. The van der Waals surface area contributed by atoms with E-state index in [4.69, 9.17) is 10.00 Å². The lowest BCUT2D eigenvalue weighted by Crippen LogP contribution is -2.44. The topological polar surface area (TPSA) is 104 Å². The highest BCUT2D eigenvalue weighted by Crippen LogP contribution is 2.29. The van der Waals surface area contributed by atoms with Crippen LogP contribution >= 0.6 is 0 Å². The Morgan fingerprint density at radius 1 is 1.15 bits per heavy atom. The van der Waals surface area contributed by atoms with Crippen LogP contribution in [0.1, 0.15) is 43.0 Å². The first-order chi connectivity index (χ1) is 19.9. The van der Waals surface area contributed by atoms with Crippen molar-refractivity contribution in [2.75, 3.05) is 20.1 Å². The minimum absolute atomic E-state index is 0.103. The summed E-state index contributed by atoms with van der Waals surface area (Å²) in [4.78, 5) is 36.7. The van der Waals surface area contributed by atoms with E-state index in [9.17, 15) is 9.59 Å². The molecule has 1 amide bonds. The molecule has 1 aliphatic heterocycles. The molecule has 5 rings (SSSR count). The highest BCUT2D eigenvalue weighted by Gasteiger charge is 2.30. The molecule has 0 spiro atoms. The van der Waals surface area contributed by atoms with Crippen LogP contribution in [0.4, 0.5) is 5.82 Å². The monoisotopic (exact) mass is 549 g/mol. The van der Waals surface area contributed by atoms with Crippen molar-refractivity contribution in [1.82, 2.24) is 19.4 Å². The SMILES string of the molecule is CC(C(=O)n1ccc2c(/[N+](C)=C\C3CN(C(=O)CC#N)CC[C@H]3C)ncnc21)c1cccc(Oc2ccccc2)c1. The van der Waals surface area contributed by atoms with Gasteiger partial charge < -0.3 is 9.64 Å². The summed E-state index contributed by atoms with van der Waals surface area (Å²) < 4.78 is 9.50. The minimum atomic E-state index is -0.437. The molecule has 1 fully saturated rings. The molecule has 4 aromatic rings. The first-order valence-corrected chi connectivity index (χ1v) is 13.8. The van der Waals surface area contributed by atoms with E-state index in [0.717, 1.165) is 23.1 Å². The van der Waals surface area contributed by atoms with E-state index in [2.05, 4.69) is 23.1 Å². The van der Waals surface area contributed by atoms with Gasteiger partial charge in [0.05, 0.1) is 25.2 Å². The Hall–Kier alpha value is -4.84. The lowest BCUT2D eigenvalue weighted by atomic mass is 9.87. The fourth-order valence-electron chi connectivity index (χ4n) is 5.28. The molecule has 3 atom stereocenters. The Morgan fingerprint density at radius 2 is 1.93 bits per heavy atom. The van der Waals surface area contributed by atoms with Gasteiger partial charge in [0, 0.05) is 25.2 Å². The van der Waals surface area contributed by atoms with Crippen molar-refractivity contribution in [2.24, 2.45) is 11.8 Å². The van der Waals surface area contributed by atoms with Gasteiger partial charge in [0.1, 0.15) is 23.3 Å². The zero-order valence-corrected chi connectivity index (χ0v) is 23.5. The first kappa shape index (κ1) is 27.7. The Morgan fingerprint density at radius 3 is 2.71 bits per heavy atom. The van der Waals surface area contributed by atoms with Crippen LogP contribution in [-0.2, 0) is 4.79 Å². The molecule has 9 heteroatoms. The lowest BCUT2D eigenvalue weighted by Gasteiger charge is -2.34. The third kappa shape index (κ3) is 6.02. The van der Waals surface area contributed by atoms with E-state index in [0.29, 0.717) is 36.2 Å². The molecule has 3 heterocycles. The average molecular weight is 550 g/mol. The van der Waals surface area contributed by atoms with Gasteiger partial charge in [0.2, 0.25) is 18.1 Å². The van der Waals surface area contributed by atoms with Crippen molar-refractivity contribution < 1.29 is 18.9 Å². The van der Waals surface area contributed by atoms with Gasteiger partial charge in [-0.2, -0.15) is 10.2 Å². The second-order valence-electron chi connectivity index (χ2n) is 10.5. The van der Waals surface area contributed by atoms with E-state index in [1.807, 2.05) is 85.3 Å². The number of para-hydroxylation sites is 1. The molecule has 41 heavy (non-hydrogen) atoms. The number of benzene rings is 2. The van der Waals surface area contributed by atoms with Gasteiger partial charge in [0.15, 0.2) is 5.65 Å². The third-order valence-electron chi connectivity index (χ3n) is 7.75. The molecule has 9 nitrogen and oxygen atoms in total. The average Bonchev–Trinajstić information content (AvgIpc) is 3.42. The van der Waals surface area contributed by atoms with Crippen molar-refractivity contribution >= 4 is 34.9 Å². The molecule has 1 aliphatic rings. The number of piperidine rings is 1. The number of rotatable bonds is 7. The molecule has 1 saturated heterocycles. The first-order valence-electron chi connectivity index (χ1n) is 13.8. The second-order valence-corrected chi connectivity index (χ2v) is 10.5. The molecule has 2 aromatic heterocycles. The van der Waals surface area contributed by atoms with Gasteiger partial charge in [-0.3, -0.25) is 14.2 Å². The molecule has 2 aromatic carbocycles. The van der Waals surface area contributed by atoms with Crippen molar-refractivity contribution in [3.8, 4) is 17.6 Å². The Balaban J connectivity index is 1.38. The van der Waals surface area contributed by atoms with Crippen LogP contribution in [-0.4, -0.2) is 62.2 Å². The maximum atomic E-state index is 13.7. The van der Waals surface area contributed by atoms with Gasteiger partial charge in [-0.15, -0.1) is 0 Å². The molecular formula is C32H33N6O3+. The van der Waals surface area contributed by atoms with Crippen LogP contribution in [0.15, 0.2) is 73.2 Å². The van der Waals surface area contributed by atoms with E-state index in [-0.39, 0.29) is 24.2 Å². The van der Waals surface area contributed by atoms with Crippen LogP contribution in [0.25, 0.3) is 11.0 Å². The van der Waals surface area contributed by atoms with Crippen molar-refractivity contribution in [3.63, 3.8) is 0 Å². The number of fused-ring (bicyclic) bond motifs is 1. The predicted molar refractivity (Wildman–Crippen MR) is 156 cm³/mol. The standard InChI is InChI=1S/C32H33N6O3/c1-22-13-16-37(29(39)12-15-33)20-25(22)19-36(3)30-28-14-17-38(31(28)35-21-34-30)32(40)23(2)24-8-7-11-27(18-24)41-26-9-5-4-6-10-26/h4-11,14,17-19,21-23,25H,12-13,16,20H2,1-3H3/q+1/b36-19-/t22-,23?,25?/m1/s1. The minimum Gasteiger partial charge on any atom is -0.457 e. The molecule has 0 N–H and O–H groups in total. The number of hydrogen-bond acceptors (Lipinski definition) is 6. The number of ether oxygens (including phenoxy) is 1. The number of carbonyl (C=O) groups is 2. The molecule has 0 aliphatic carbocycles. The highest BCUT2D eigenvalue weighted by atomic mass is 16.5. The van der Waals surface area contributed by atoms with Gasteiger partial charge in [-0.05, 0) is 60.1 Å². The predicted octanol–water partition coefficient (Wildman–Crippen LogP) is 5.41. The summed E-state index contributed by atoms with van der Waals surface area (Å²) >= 11 is 0. The maximum Gasteiger partial charge on any atom is 0.335 e. The molecule has 0 radical (unpaired) electrons. The van der Waals surface area contributed by atoms with E-state index < -0.39 is 5.92 Å². The second kappa shape index (κ2) is 12.1. The van der Waals surface area contributed by atoms with E-state index >= 15 is 0 Å². The number of amides is 1. The van der Waals surface area contributed by atoms with Crippen LogP contribution < -0.4 is 4.74 Å². The van der Waals surface area contributed by atoms with Crippen molar-refractivity contribution in [1.29, 1.82) is 5.26 Å². The number of likely N-dealkylation sites (tertiary alicyclic amines) is 1. The van der Waals surface area contributed by atoms with E-state index in [1.165, 1.54) is 6.33 Å². The van der Waals surface area contributed by atoms with Gasteiger partial charge >= 0.3 is 5.82 Å². The molecule has 208 valence electrons. The Bertz CT molecular complexity index is 1640. The van der Waals surface area contributed by atoms with Crippen molar-refractivity contribution in [2.45, 2.75) is 32.6 Å². The zero-order chi connectivity index (χ0) is 28.9. The normalized spacial score (nSPS) is 18.1. The summed E-state index contributed by atoms with van der Waals surface area (Å²) in [5.41, 5.74) is 1.37. The largest absolute Gasteiger partial charge is 0.457 e. The smallest absolute Gasteiger partial charge is 0.335 e. The number of nitrogens with zero attached hydrogens (tertiary/aromatic N) is 6. The van der Waals surface area contributed by atoms with Crippen LogP contribution in [0.3, 0.4) is 0 Å². The Labute approximate surface area is 239 Å². The lowest BCUT2D eigenvalue weighted by molar-refractivity contribution is -0.405. The number of hydrogen-bond donors (Lipinski definition) is 0. The third-order valence-corrected chi connectivity index (χ3v) is 7.75. The summed E-state index contributed by atoms with van der Waals surface area (Å²) in [6, 6.07) is 20.9. The van der Waals surface area contributed by atoms with Gasteiger partial charge in [0.25, 0.3) is 0 Å². The molecule has 0 saturated carbocycles. The number of aromatic nitrogens is 3. The summed E-state index contributed by atoms with van der Waals surface area (Å²) in [6.45, 7) is 5.27. The highest BCUT2D eigenvalue weighted by molar-refractivity contribution is 5.96. The fraction of sp³-hybridized carbons (Fsp3) is 0.312. The quantitative estimate of drug-likeness (QED) is 0.226. The van der Waals surface area contributed by atoms with Crippen LogP contribution in [0.2, 0.25) is 0 Å². The summed E-state index contributed by atoms with van der Waals surface area (Å²) in [5, 5.41) is 9.69. The summed E-state index contributed by atoms with van der Waals surface area (Å²) in [6.07, 6.45) is 6.06. The zero-order valence-electron chi connectivity index (χ0n) is 23.5. The van der Waals surface area contributed by atoms with E-state index in [1.54, 1.807) is 15.7 Å². The fourth-order valence-corrected chi connectivity index (χ4v) is 5.28. The summed E-state index contributed by atoms with van der Waals surface area (Å²) in [7, 11) is 1.92. The van der Waals surface area contributed by atoms with Gasteiger partial charge in [-0.25, -0.2) is 4.58 Å². The number of carbonyl (C=O) groups excluding carboxylic acids is 2. The number of nitriles is 1. The molecule has 2 unspecified atom stereocenters.